The van der Waals surface area contributed by atoms with Gasteiger partial charge in [-0.2, -0.15) is 5.11 Å². The lowest BCUT2D eigenvalue weighted by Gasteiger charge is -2.01. The van der Waals surface area contributed by atoms with Crippen molar-refractivity contribution in [2.75, 3.05) is 11.5 Å². The first-order valence-electron chi connectivity index (χ1n) is 5.42. The van der Waals surface area contributed by atoms with E-state index in [0.29, 0.717) is 22.7 Å². The Morgan fingerprint density at radius 1 is 1.00 bits per heavy atom. The van der Waals surface area contributed by atoms with Crippen molar-refractivity contribution in [1.29, 1.82) is 0 Å². The summed E-state index contributed by atoms with van der Waals surface area (Å²) in [6.45, 7) is 1.80. The molecule has 5 nitrogen and oxygen atoms in total. The van der Waals surface area contributed by atoms with E-state index in [1.165, 1.54) is 0 Å². The number of hydrogen-bond donors (Lipinski definition) is 3. The van der Waals surface area contributed by atoms with Crippen molar-refractivity contribution in [2.24, 2.45) is 10.2 Å². The lowest BCUT2D eigenvalue weighted by Crippen LogP contribution is -1.89. The van der Waals surface area contributed by atoms with Gasteiger partial charge >= 0.3 is 0 Å². The number of anilines is 2. The average Bonchev–Trinajstić information content (AvgIpc) is 2.32. The number of aromatic hydroxyl groups is 1. The molecule has 0 fully saturated rings. The Labute approximate surface area is 105 Å². The third-order valence-corrected chi connectivity index (χ3v) is 2.51. The number of phenolic OH excluding ortho intramolecular Hbond substituents is 1. The number of aryl methyl sites for hydroxylation is 1. The van der Waals surface area contributed by atoms with Gasteiger partial charge in [0.1, 0.15) is 11.4 Å². The smallest absolute Gasteiger partial charge is 0.118 e. The van der Waals surface area contributed by atoms with Crippen LogP contribution < -0.4 is 11.5 Å². The highest BCUT2D eigenvalue weighted by molar-refractivity contribution is 5.67. The van der Waals surface area contributed by atoms with Crippen LogP contribution >= 0.6 is 0 Å². The van der Waals surface area contributed by atoms with Crippen molar-refractivity contribution in [3.8, 4) is 5.75 Å². The van der Waals surface area contributed by atoms with Crippen LogP contribution in [0.4, 0.5) is 22.7 Å². The van der Waals surface area contributed by atoms with Crippen molar-refractivity contribution >= 4 is 22.7 Å². The summed E-state index contributed by atoms with van der Waals surface area (Å²) in [4.78, 5) is 0. The van der Waals surface area contributed by atoms with E-state index in [4.69, 9.17) is 11.5 Å². The Morgan fingerprint density at radius 3 is 2.44 bits per heavy atom. The minimum atomic E-state index is 0.237. The number of benzene rings is 2. The number of nitrogen functional groups attached to an aromatic ring is 2. The number of nitrogens with two attached hydrogens (primary N) is 2. The van der Waals surface area contributed by atoms with Crippen LogP contribution in [0.15, 0.2) is 46.6 Å². The van der Waals surface area contributed by atoms with Gasteiger partial charge < -0.3 is 16.6 Å². The van der Waals surface area contributed by atoms with E-state index in [-0.39, 0.29) is 5.75 Å². The van der Waals surface area contributed by atoms with Crippen LogP contribution in [0.1, 0.15) is 5.56 Å². The predicted molar refractivity (Wildman–Crippen MR) is 72.3 cm³/mol. The second kappa shape index (κ2) is 4.75. The summed E-state index contributed by atoms with van der Waals surface area (Å²) in [5.74, 6) is 0.237. The highest BCUT2D eigenvalue weighted by atomic mass is 16.3. The van der Waals surface area contributed by atoms with Crippen LogP contribution in [0, 0.1) is 6.92 Å². The lowest BCUT2D eigenvalue weighted by molar-refractivity contribution is 0.471. The summed E-state index contributed by atoms with van der Waals surface area (Å²) in [7, 11) is 0. The van der Waals surface area contributed by atoms with Gasteiger partial charge in [-0.1, -0.05) is 0 Å². The fourth-order valence-electron chi connectivity index (χ4n) is 1.48. The summed E-state index contributed by atoms with van der Waals surface area (Å²) in [5.41, 5.74) is 14.4. The minimum absolute atomic E-state index is 0.237. The molecule has 0 atom stereocenters. The van der Waals surface area contributed by atoms with Gasteiger partial charge in [-0.15, -0.1) is 5.11 Å². The number of phenols is 1. The average molecular weight is 242 g/mol. The van der Waals surface area contributed by atoms with E-state index in [1.807, 2.05) is 0 Å². The molecule has 0 saturated heterocycles. The molecular weight excluding hydrogens is 228 g/mol. The zero-order valence-corrected chi connectivity index (χ0v) is 9.96. The standard InChI is InChI=1S/C13H14N4O/c1-8-6-10(3-5-13(8)18)16-17-12-4-2-9(14)7-11(12)15/h2-7,18H,14-15H2,1H3. The number of nitrogens with zero attached hydrogens (tertiary/aromatic N) is 2. The molecule has 0 saturated carbocycles. The van der Waals surface area contributed by atoms with Crippen LogP contribution in [0.5, 0.6) is 5.75 Å². The number of rotatable bonds is 2. The van der Waals surface area contributed by atoms with Gasteiger partial charge in [-0.3, -0.25) is 0 Å². The topological polar surface area (TPSA) is 97.0 Å². The normalized spacial score (nSPS) is 10.9. The molecule has 0 bridgehead atoms. The third-order valence-electron chi connectivity index (χ3n) is 2.51. The van der Waals surface area contributed by atoms with E-state index in [0.717, 1.165) is 5.56 Å². The summed E-state index contributed by atoms with van der Waals surface area (Å²) < 4.78 is 0. The van der Waals surface area contributed by atoms with Crippen LogP contribution in [-0.4, -0.2) is 5.11 Å². The van der Waals surface area contributed by atoms with E-state index >= 15 is 0 Å². The van der Waals surface area contributed by atoms with Gasteiger partial charge in [0, 0.05) is 5.69 Å². The van der Waals surface area contributed by atoms with Gasteiger partial charge in [0.25, 0.3) is 0 Å². The monoisotopic (exact) mass is 242 g/mol. The number of azo groups is 1. The zero-order valence-electron chi connectivity index (χ0n) is 9.96. The molecule has 0 aliphatic rings. The first kappa shape index (κ1) is 11.9. The maximum absolute atomic E-state index is 9.40. The van der Waals surface area contributed by atoms with Crippen molar-refractivity contribution in [2.45, 2.75) is 6.92 Å². The Hall–Kier alpha value is -2.56. The molecule has 2 aromatic rings. The highest BCUT2D eigenvalue weighted by Crippen LogP contribution is 2.28. The van der Waals surface area contributed by atoms with Gasteiger partial charge in [0.2, 0.25) is 0 Å². The first-order chi connectivity index (χ1) is 8.56. The molecule has 2 aromatic carbocycles. The lowest BCUT2D eigenvalue weighted by atomic mass is 10.2. The van der Waals surface area contributed by atoms with Gasteiger partial charge in [0.15, 0.2) is 0 Å². The third kappa shape index (κ3) is 2.57. The molecule has 92 valence electrons. The van der Waals surface area contributed by atoms with Crippen molar-refractivity contribution in [1.82, 2.24) is 0 Å². The fourth-order valence-corrected chi connectivity index (χ4v) is 1.48. The highest BCUT2D eigenvalue weighted by Gasteiger charge is 1.99. The molecule has 2 rings (SSSR count). The summed E-state index contributed by atoms with van der Waals surface area (Å²) in [6.07, 6.45) is 0. The van der Waals surface area contributed by atoms with Crippen molar-refractivity contribution in [3.05, 3.63) is 42.0 Å². The van der Waals surface area contributed by atoms with Gasteiger partial charge in [-0.05, 0) is 48.9 Å². The maximum atomic E-state index is 9.40. The zero-order chi connectivity index (χ0) is 13.1. The van der Waals surface area contributed by atoms with Gasteiger partial charge in [0.05, 0.1) is 11.4 Å². The number of hydrogen-bond acceptors (Lipinski definition) is 5. The minimum Gasteiger partial charge on any atom is -0.508 e. The Kier molecular flexibility index (Phi) is 3.14. The fraction of sp³-hybridized carbons (Fsp3) is 0.0769. The molecule has 5 N–H and O–H groups in total. The van der Waals surface area contributed by atoms with Crippen LogP contribution in [0.2, 0.25) is 0 Å². The molecule has 0 heterocycles. The van der Waals surface area contributed by atoms with E-state index < -0.39 is 0 Å². The first-order valence-corrected chi connectivity index (χ1v) is 5.42. The molecule has 18 heavy (non-hydrogen) atoms. The van der Waals surface area contributed by atoms with Crippen molar-refractivity contribution in [3.63, 3.8) is 0 Å². The molecule has 0 aromatic heterocycles. The second-order valence-electron chi connectivity index (χ2n) is 3.99. The summed E-state index contributed by atoms with van der Waals surface area (Å²) in [6, 6.07) is 10.1. The SMILES string of the molecule is Cc1cc(N=Nc2ccc(N)cc2N)ccc1O. The van der Waals surface area contributed by atoms with Crippen LogP contribution in [0.3, 0.4) is 0 Å². The van der Waals surface area contributed by atoms with Gasteiger partial charge in [-0.25, -0.2) is 0 Å². The quantitative estimate of drug-likeness (QED) is 0.556. The maximum Gasteiger partial charge on any atom is 0.118 e. The van der Waals surface area contributed by atoms with Crippen LogP contribution in [-0.2, 0) is 0 Å². The Morgan fingerprint density at radius 2 is 1.78 bits per heavy atom. The Bertz CT molecular complexity index is 608. The van der Waals surface area contributed by atoms with Crippen LogP contribution in [0.25, 0.3) is 0 Å². The second-order valence-corrected chi connectivity index (χ2v) is 3.99. The summed E-state index contributed by atoms with van der Waals surface area (Å²) in [5, 5.41) is 17.5. The van der Waals surface area contributed by atoms with E-state index in [2.05, 4.69) is 10.2 Å². The Balaban J connectivity index is 2.27. The molecule has 0 spiro atoms. The largest absolute Gasteiger partial charge is 0.508 e. The molecule has 0 radical (unpaired) electrons. The molecular formula is C13H14N4O. The molecule has 0 amide bonds. The molecule has 0 unspecified atom stereocenters. The predicted octanol–water partition coefficient (Wildman–Crippen LogP) is 3.28. The van der Waals surface area contributed by atoms with E-state index in [1.54, 1.807) is 43.3 Å². The molecule has 0 aliphatic carbocycles. The van der Waals surface area contributed by atoms with E-state index in [9.17, 15) is 5.11 Å². The van der Waals surface area contributed by atoms with Crippen molar-refractivity contribution < 1.29 is 5.11 Å². The molecule has 0 aliphatic heterocycles. The molecule has 5 heteroatoms. The summed E-state index contributed by atoms with van der Waals surface area (Å²) >= 11 is 0.